The zero-order valence-electron chi connectivity index (χ0n) is 11.6. The second-order valence-electron chi connectivity index (χ2n) is 4.92. The van der Waals surface area contributed by atoms with E-state index in [2.05, 4.69) is 4.72 Å². The minimum Gasteiger partial charge on any atom is -0.311 e. The van der Waals surface area contributed by atoms with Crippen LogP contribution in [0.1, 0.15) is 25.3 Å². The van der Waals surface area contributed by atoms with Crippen LogP contribution in [0.25, 0.3) is 0 Å². The SMILES string of the molecule is CCCS(=O)(=O)NCC(=O)N1CCCc2ccccc21. The third-order valence-electron chi connectivity index (χ3n) is 3.33. The fourth-order valence-electron chi connectivity index (χ4n) is 2.40. The average molecular weight is 296 g/mol. The van der Waals surface area contributed by atoms with Crippen molar-refractivity contribution in [3.63, 3.8) is 0 Å². The molecule has 0 saturated carbocycles. The van der Waals surface area contributed by atoms with Gasteiger partial charge in [-0.05, 0) is 30.9 Å². The summed E-state index contributed by atoms with van der Waals surface area (Å²) >= 11 is 0. The highest BCUT2D eigenvalue weighted by Crippen LogP contribution is 2.26. The zero-order valence-corrected chi connectivity index (χ0v) is 12.4. The fourth-order valence-corrected chi connectivity index (χ4v) is 3.43. The molecule has 0 saturated heterocycles. The number of nitrogens with zero attached hydrogens (tertiary/aromatic N) is 1. The third kappa shape index (κ3) is 3.58. The molecule has 0 radical (unpaired) electrons. The van der Waals surface area contributed by atoms with E-state index in [9.17, 15) is 13.2 Å². The number of amides is 1. The van der Waals surface area contributed by atoms with Crippen molar-refractivity contribution in [3.05, 3.63) is 29.8 Å². The van der Waals surface area contributed by atoms with Crippen LogP contribution in [0.5, 0.6) is 0 Å². The highest BCUT2D eigenvalue weighted by molar-refractivity contribution is 7.89. The van der Waals surface area contributed by atoms with E-state index in [0.29, 0.717) is 13.0 Å². The molecule has 0 aliphatic carbocycles. The number of benzene rings is 1. The molecule has 0 unspecified atom stereocenters. The van der Waals surface area contributed by atoms with Gasteiger partial charge in [0.15, 0.2) is 0 Å². The largest absolute Gasteiger partial charge is 0.311 e. The summed E-state index contributed by atoms with van der Waals surface area (Å²) in [5, 5.41) is 0. The summed E-state index contributed by atoms with van der Waals surface area (Å²) in [4.78, 5) is 13.9. The van der Waals surface area contributed by atoms with Crippen LogP contribution in [0.4, 0.5) is 5.69 Å². The summed E-state index contributed by atoms with van der Waals surface area (Å²) in [6.45, 7) is 2.27. The zero-order chi connectivity index (χ0) is 14.6. The highest BCUT2D eigenvalue weighted by Gasteiger charge is 2.22. The van der Waals surface area contributed by atoms with Gasteiger partial charge in [0.25, 0.3) is 0 Å². The minimum absolute atomic E-state index is 0.0524. The van der Waals surface area contributed by atoms with Gasteiger partial charge in [-0.15, -0.1) is 0 Å². The third-order valence-corrected chi connectivity index (χ3v) is 4.86. The van der Waals surface area contributed by atoms with E-state index >= 15 is 0 Å². The Bertz CT molecular complexity index is 584. The summed E-state index contributed by atoms with van der Waals surface area (Å²) in [5.41, 5.74) is 2.04. The van der Waals surface area contributed by atoms with Crippen molar-refractivity contribution in [3.8, 4) is 0 Å². The van der Waals surface area contributed by atoms with Gasteiger partial charge in [-0.2, -0.15) is 0 Å². The van der Waals surface area contributed by atoms with Crippen molar-refractivity contribution >= 4 is 21.6 Å². The van der Waals surface area contributed by atoms with E-state index in [4.69, 9.17) is 0 Å². The second-order valence-corrected chi connectivity index (χ2v) is 6.84. The van der Waals surface area contributed by atoms with Gasteiger partial charge >= 0.3 is 0 Å². The number of aryl methyl sites for hydroxylation is 1. The molecule has 0 atom stereocenters. The summed E-state index contributed by atoms with van der Waals surface area (Å²) in [6.07, 6.45) is 2.40. The van der Waals surface area contributed by atoms with Gasteiger partial charge in [-0.25, -0.2) is 13.1 Å². The van der Waals surface area contributed by atoms with Crippen LogP contribution in [0, 0.1) is 0 Å². The van der Waals surface area contributed by atoms with Gasteiger partial charge in [-0.1, -0.05) is 25.1 Å². The van der Waals surface area contributed by atoms with Crippen molar-refractivity contribution in [1.82, 2.24) is 4.72 Å². The predicted molar refractivity (Wildman–Crippen MR) is 79.2 cm³/mol. The molecule has 1 N–H and O–H groups in total. The molecule has 0 aromatic heterocycles. The first-order valence-corrected chi connectivity index (χ1v) is 8.54. The Kier molecular flexibility index (Phi) is 4.77. The number of para-hydroxylation sites is 1. The van der Waals surface area contributed by atoms with Crippen LogP contribution in [0.3, 0.4) is 0 Å². The van der Waals surface area contributed by atoms with Gasteiger partial charge in [0.2, 0.25) is 15.9 Å². The van der Waals surface area contributed by atoms with Crippen molar-refractivity contribution in [2.45, 2.75) is 26.2 Å². The topological polar surface area (TPSA) is 66.5 Å². The molecule has 1 aromatic carbocycles. The van der Waals surface area contributed by atoms with E-state index in [-0.39, 0.29) is 18.2 Å². The number of nitrogens with one attached hydrogen (secondary N) is 1. The number of hydrogen-bond acceptors (Lipinski definition) is 3. The van der Waals surface area contributed by atoms with Crippen molar-refractivity contribution in [1.29, 1.82) is 0 Å². The lowest BCUT2D eigenvalue weighted by Gasteiger charge is -2.29. The van der Waals surface area contributed by atoms with Crippen LogP contribution >= 0.6 is 0 Å². The number of carbonyl (C=O) groups is 1. The van der Waals surface area contributed by atoms with Gasteiger partial charge < -0.3 is 4.90 Å². The Labute approximate surface area is 120 Å². The van der Waals surface area contributed by atoms with Gasteiger partial charge in [0.05, 0.1) is 12.3 Å². The standard InChI is InChI=1S/C14H20N2O3S/c1-2-10-20(18,19)15-11-14(17)16-9-5-7-12-6-3-4-8-13(12)16/h3-4,6,8,15H,2,5,7,9-11H2,1H3. The van der Waals surface area contributed by atoms with Gasteiger partial charge in [-0.3, -0.25) is 4.79 Å². The lowest BCUT2D eigenvalue weighted by molar-refractivity contribution is -0.117. The summed E-state index contributed by atoms with van der Waals surface area (Å²) in [6, 6.07) is 7.77. The molecule has 1 aliphatic heterocycles. The molecule has 1 aromatic rings. The van der Waals surface area contributed by atoms with Crippen LogP contribution in [-0.2, 0) is 21.2 Å². The maximum Gasteiger partial charge on any atom is 0.242 e. The highest BCUT2D eigenvalue weighted by atomic mass is 32.2. The molecule has 0 bridgehead atoms. The first kappa shape index (κ1) is 15.0. The first-order chi connectivity index (χ1) is 9.53. The summed E-state index contributed by atoms with van der Waals surface area (Å²) < 4.78 is 25.5. The molecule has 6 heteroatoms. The number of rotatable bonds is 5. The van der Waals surface area contributed by atoms with Crippen molar-refractivity contribution in [2.75, 3.05) is 23.7 Å². The summed E-state index contributed by atoms with van der Waals surface area (Å²) in [7, 11) is -3.34. The van der Waals surface area contributed by atoms with E-state index < -0.39 is 10.0 Å². The quantitative estimate of drug-likeness (QED) is 0.890. The van der Waals surface area contributed by atoms with Gasteiger partial charge in [0, 0.05) is 12.2 Å². The maximum absolute atomic E-state index is 12.2. The molecule has 20 heavy (non-hydrogen) atoms. The van der Waals surface area contributed by atoms with Crippen molar-refractivity contribution in [2.24, 2.45) is 0 Å². The Morgan fingerprint density at radius 2 is 2.10 bits per heavy atom. The molecule has 2 rings (SSSR count). The molecule has 1 aliphatic rings. The van der Waals surface area contributed by atoms with Crippen LogP contribution in [0.2, 0.25) is 0 Å². The average Bonchev–Trinajstić information content (AvgIpc) is 2.44. The number of anilines is 1. The number of sulfonamides is 1. The Balaban J connectivity index is 2.04. The number of carbonyl (C=O) groups excluding carboxylic acids is 1. The first-order valence-electron chi connectivity index (χ1n) is 6.89. The van der Waals surface area contributed by atoms with E-state index in [0.717, 1.165) is 24.1 Å². The monoisotopic (exact) mass is 296 g/mol. The Morgan fingerprint density at radius 3 is 2.85 bits per heavy atom. The Hall–Kier alpha value is -1.40. The second kappa shape index (κ2) is 6.37. The molecular formula is C14H20N2O3S. The predicted octanol–water partition coefficient (Wildman–Crippen LogP) is 1.30. The Morgan fingerprint density at radius 1 is 1.35 bits per heavy atom. The lowest BCUT2D eigenvalue weighted by atomic mass is 10.0. The van der Waals surface area contributed by atoms with E-state index in [1.54, 1.807) is 11.8 Å². The summed E-state index contributed by atoms with van der Waals surface area (Å²) in [5.74, 6) is -0.145. The molecule has 0 spiro atoms. The molecule has 110 valence electrons. The minimum atomic E-state index is -3.34. The smallest absolute Gasteiger partial charge is 0.242 e. The maximum atomic E-state index is 12.2. The van der Waals surface area contributed by atoms with Crippen molar-refractivity contribution < 1.29 is 13.2 Å². The molecule has 1 heterocycles. The normalized spacial score (nSPS) is 14.9. The van der Waals surface area contributed by atoms with E-state index in [1.165, 1.54) is 0 Å². The molecule has 5 nitrogen and oxygen atoms in total. The number of hydrogen-bond donors (Lipinski definition) is 1. The van der Waals surface area contributed by atoms with Crippen LogP contribution in [-0.4, -0.2) is 33.2 Å². The molecule has 1 amide bonds. The molecular weight excluding hydrogens is 276 g/mol. The van der Waals surface area contributed by atoms with Gasteiger partial charge in [0.1, 0.15) is 0 Å². The lowest BCUT2D eigenvalue weighted by Crippen LogP contribution is -2.43. The fraction of sp³-hybridized carbons (Fsp3) is 0.500. The van der Waals surface area contributed by atoms with Crippen LogP contribution in [0.15, 0.2) is 24.3 Å². The molecule has 0 fully saturated rings. The van der Waals surface area contributed by atoms with Crippen LogP contribution < -0.4 is 9.62 Å². The van der Waals surface area contributed by atoms with E-state index in [1.807, 2.05) is 24.3 Å². The number of fused-ring (bicyclic) bond motifs is 1.